The first-order valence-corrected chi connectivity index (χ1v) is 7.26. The van der Waals surface area contributed by atoms with Crippen LogP contribution in [0.2, 0.25) is 0 Å². The predicted octanol–water partition coefficient (Wildman–Crippen LogP) is 4.80. The van der Waals surface area contributed by atoms with Crippen molar-refractivity contribution in [2.45, 2.75) is 6.92 Å². The van der Waals surface area contributed by atoms with Crippen LogP contribution in [0.4, 0.5) is 5.69 Å². The second-order valence-corrected chi connectivity index (χ2v) is 5.26. The number of nitrogens with one attached hydrogen (secondary N) is 1. The highest BCUT2D eigenvalue weighted by molar-refractivity contribution is 6.03. The molecular formula is C20H17NO. The third-order valence-corrected chi connectivity index (χ3v) is 3.52. The molecule has 0 fully saturated rings. The SMILES string of the molecule is Cc1cccc(NC(=O)C=Cc2cccc3ccccc23)c1. The van der Waals surface area contributed by atoms with Gasteiger partial charge in [-0.05, 0) is 47.0 Å². The van der Waals surface area contributed by atoms with Gasteiger partial charge < -0.3 is 5.32 Å². The van der Waals surface area contributed by atoms with Gasteiger partial charge in [-0.2, -0.15) is 0 Å². The molecule has 0 radical (unpaired) electrons. The van der Waals surface area contributed by atoms with Crippen molar-refractivity contribution in [2.24, 2.45) is 0 Å². The molecule has 108 valence electrons. The average Bonchev–Trinajstić information content (AvgIpc) is 2.53. The van der Waals surface area contributed by atoms with Gasteiger partial charge in [-0.3, -0.25) is 4.79 Å². The fourth-order valence-electron chi connectivity index (χ4n) is 2.47. The minimum atomic E-state index is -0.126. The predicted molar refractivity (Wildman–Crippen MR) is 92.8 cm³/mol. The number of amides is 1. The summed E-state index contributed by atoms with van der Waals surface area (Å²) in [4.78, 5) is 12.0. The van der Waals surface area contributed by atoms with E-state index in [0.29, 0.717) is 0 Å². The van der Waals surface area contributed by atoms with Crippen LogP contribution in [0.25, 0.3) is 16.8 Å². The number of rotatable bonds is 3. The fourth-order valence-corrected chi connectivity index (χ4v) is 2.47. The zero-order chi connectivity index (χ0) is 15.4. The van der Waals surface area contributed by atoms with Gasteiger partial charge in [0.1, 0.15) is 0 Å². The summed E-state index contributed by atoms with van der Waals surface area (Å²) in [5.74, 6) is -0.126. The molecule has 3 aromatic rings. The van der Waals surface area contributed by atoms with Gasteiger partial charge in [0, 0.05) is 11.8 Å². The Morgan fingerprint density at radius 2 is 1.73 bits per heavy atom. The van der Waals surface area contributed by atoms with Crippen molar-refractivity contribution < 1.29 is 4.79 Å². The van der Waals surface area contributed by atoms with Crippen LogP contribution in [0, 0.1) is 6.92 Å². The van der Waals surface area contributed by atoms with Crippen LogP contribution in [0.5, 0.6) is 0 Å². The quantitative estimate of drug-likeness (QED) is 0.689. The molecule has 0 bridgehead atoms. The molecule has 0 aliphatic rings. The number of carbonyl (C=O) groups is 1. The third kappa shape index (κ3) is 3.23. The standard InChI is InChI=1S/C20H17NO/c1-15-6-4-10-18(14-15)21-20(22)13-12-17-9-5-8-16-7-2-3-11-19(16)17/h2-14H,1H3,(H,21,22). The largest absolute Gasteiger partial charge is 0.323 e. The van der Waals surface area contributed by atoms with Crippen molar-refractivity contribution in [2.75, 3.05) is 5.32 Å². The van der Waals surface area contributed by atoms with Crippen LogP contribution in [-0.4, -0.2) is 5.91 Å². The lowest BCUT2D eigenvalue weighted by molar-refractivity contribution is -0.111. The van der Waals surface area contributed by atoms with Crippen molar-refractivity contribution in [1.29, 1.82) is 0 Å². The summed E-state index contributed by atoms with van der Waals surface area (Å²) in [6.07, 6.45) is 3.43. The number of aryl methyl sites for hydroxylation is 1. The number of carbonyl (C=O) groups excluding carboxylic acids is 1. The first kappa shape index (κ1) is 14.1. The molecule has 22 heavy (non-hydrogen) atoms. The van der Waals surface area contributed by atoms with E-state index in [-0.39, 0.29) is 5.91 Å². The Morgan fingerprint density at radius 3 is 2.59 bits per heavy atom. The van der Waals surface area contributed by atoms with E-state index < -0.39 is 0 Å². The Balaban J connectivity index is 1.79. The summed E-state index contributed by atoms with van der Waals surface area (Å²) in [7, 11) is 0. The number of benzene rings is 3. The third-order valence-electron chi connectivity index (χ3n) is 3.52. The number of anilines is 1. The Morgan fingerprint density at radius 1 is 0.955 bits per heavy atom. The molecule has 2 heteroatoms. The first-order valence-electron chi connectivity index (χ1n) is 7.26. The molecule has 2 nitrogen and oxygen atoms in total. The van der Waals surface area contributed by atoms with Crippen LogP contribution < -0.4 is 5.32 Å². The highest BCUT2D eigenvalue weighted by atomic mass is 16.1. The van der Waals surface area contributed by atoms with E-state index in [1.807, 2.05) is 61.5 Å². The molecule has 1 amide bonds. The average molecular weight is 287 g/mol. The number of hydrogen-bond donors (Lipinski definition) is 1. The van der Waals surface area contributed by atoms with Crippen molar-refractivity contribution in [3.63, 3.8) is 0 Å². The summed E-state index contributed by atoms with van der Waals surface area (Å²) in [6.45, 7) is 2.00. The van der Waals surface area contributed by atoms with Crippen LogP contribution >= 0.6 is 0 Å². The summed E-state index contributed by atoms with van der Waals surface area (Å²) in [5.41, 5.74) is 2.97. The Kier molecular flexibility index (Phi) is 4.01. The van der Waals surface area contributed by atoms with Gasteiger partial charge in [-0.1, -0.05) is 54.6 Å². The molecule has 0 spiro atoms. The lowest BCUT2D eigenvalue weighted by Crippen LogP contribution is -2.07. The van der Waals surface area contributed by atoms with Gasteiger partial charge in [0.2, 0.25) is 5.91 Å². The van der Waals surface area contributed by atoms with Crippen LogP contribution in [-0.2, 0) is 4.79 Å². The smallest absolute Gasteiger partial charge is 0.248 e. The maximum absolute atomic E-state index is 12.0. The topological polar surface area (TPSA) is 29.1 Å². The highest BCUT2D eigenvalue weighted by Crippen LogP contribution is 2.19. The molecule has 0 aliphatic heterocycles. The molecule has 3 rings (SSSR count). The van der Waals surface area contributed by atoms with Crippen molar-refractivity contribution in [3.05, 3.63) is 83.9 Å². The van der Waals surface area contributed by atoms with E-state index in [0.717, 1.165) is 22.2 Å². The maximum atomic E-state index is 12.0. The van der Waals surface area contributed by atoms with Gasteiger partial charge >= 0.3 is 0 Å². The van der Waals surface area contributed by atoms with Crippen molar-refractivity contribution in [3.8, 4) is 0 Å². The Hall–Kier alpha value is -2.87. The summed E-state index contributed by atoms with van der Waals surface area (Å²) in [5, 5.41) is 5.19. The zero-order valence-corrected chi connectivity index (χ0v) is 12.4. The molecule has 0 unspecified atom stereocenters. The fraction of sp³-hybridized carbons (Fsp3) is 0.0500. The normalized spacial score (nSPS) is 11.0. The Labute approximate surface area is 130 Å². The van der Waals surface area contributed by atoms with Crippen LogP contribution in [0.3, 0.4) is 0 Å². The van der Waals surface area contributed by atoms with Gasteiger partial charge in [-0.15, -0.1) is 0 Å². The van der Waals surface area contributed by atoms with Crippen LogP contribution in [0.1, 0.15) is 11.1 Å². The second-order valence-electron chi connectivity index (χ2n) is 5.26. The van der Waals surface area contributed by atoms with Gasteiger partial charge in [0.15, 0.2) is 0 Å². The van der Waals surface area contributed by atoms with Crippen LogP contribution in [0.15, 0.2) is 72.8 Å². The molecule has 3 aromatic carbocycles. The maximum Gasteiger partial charge on any atom is 0.248 e. The molecule has 0 saturated heterocycles. The Bertz CT molecular complexity index is 844. The van der Waals surface area contributed by atoms with Gasteiger partial charge in [0.05, 0.1) is 0 Å². The molecule has 0 heterocycles. The monoisotopic (exact) mass is 287 g/mol. The van der Waals surface area contributed by atoms with E-state index in [4.69, 9.17) is 0 Å². The zero-order valence-electron chi connectivity index (χ0n) is 12.4. The second kappa shape index (κ2) is 6.27. The first-order chi connectivity index (χ1) is 10.7. The minimum absolute atomic E-state index is 0.126. The highest BCUT2D eigenvalue weighted by Gasteiger charge is 2.00. The van der Waals surface area contributed by atoms with Crippen molar-refractivity contribution >= 4 is 28.4 Å². The van der Waals surface area contributed by atoms with E-state index in [2.05, 4.69) is 23.5 Å². The summed E-state index contributed by atoms with van der Waals surface area (Å²) >= 11 is 0. The number of hydrogen-bond acceptors (Lipinski definition) is 1. The van der Waals surface area contributed by atoms with E-state index in [1.54, 1.807) is 6.08 Å². The molecule has 0 aliphatic carbocycles. The van der Waals surface area contributed by atoms with Gasteiger partial charge in [-0.25, -0.2) is 0 Å². The van der Waals surface area contributed by atoms with Crippen molar-refractivity contribution in [1.82, 2.24) is 0 Å². The number of fused-ring (bicyclic) bond motifs is 1. The molecule has 0 atom stereocenters. The summed E-state index contributed by atoms with van der Waals surface area (Å²) < 4.78 is 0. The molecular weight excluding hydrogens is 270 g/mol. The van der Waals surface area contributed by atoms with E-state index in [1.165, 1.54) is 5.39 Å². The molecule has 0 aromatic heterocycles. The van der Waals surface area contributed by atoms with E-state index >= 15 is 0 Å². The van der Waals surface area contributed by atoms with E-state index in [9.17, 15) is 4.79 Å². The lowest BCUT2D eigenvalue weighted by Gasteiger charge is -2.04. The lowest BCUT2D eigenvalue weighted by atomic mass is 10.0. The molecule has 1 N–H and O–H groups in total. The molecule has 0 saturated carbocycles. The van der Waals surface area contributed by atoms with Gasteiger partial charge in [0.25, 0.3) is 0 Å². The summed E-state index contributed by atoms with van der Waals surface area (Å²) in [6, 6.07) is 22.0. The minimum Gasteiger partial charge on any atom is -0.323 e.